The molecule has 9 atom stereocenters. The maximum absolute atomic E-state index is 11.8. The van der Waals surface area contributed by atoms with Crippen LogP contribution in [0.4, 0.5) is 0 Å². The maximum atomic E-state index is 11.8. The highest BCUT2D eigenvalue weighted by Gasteiger charge is 2.63. The summed E-state index contributed by atoms with van der Waals surface area (Å²) in [5, 5.41) is 11.8. The molecule has 0 bridgehead atoms. The van der Waals surface area contributed by atoms with Crippen molar-refractivity contribution in [3.05, 3.63) is 30.1 Å². The predicted octanol–water partition coefficient (Wildman–Crippen LogP) is 4.94. The van der Waals surface area contributed by atoms with Crippen LogP contribution in [-0.2, 0) is 4.74 Å². The van der Waals surface area contributed by atoms with Gasteiger partial charge < -0.3 is 9.84 Å². The molecule has 6 rings (SSSR count). The highest BCUT2D eigenvalue weighted by atomic mass is 16.6. The maximum Gasteiger partial charge on any atom is 0.140 e. The van der Waals surface area contributed by atoms with Crippen LogP contribution in [0.5, 0.6) is 0 Å². The first kappa shape index (κ1) is 19.7. The van der Waals surface area contributed by atoms with Crippen LogP contribution in [0.1, 0.15) is 82.6 Å². The van der Waals surface area contributed by atoms with Gasteiger partial charge in [0.25, 0.3) is 0 Å². The number of aliphatic hydroxyl groups excluding tert-OH is 1. The first-order chi connectivity index (χ1) is 14.7. The van der Waals surface area contributed by atoms with E-state index >= 15 is 0 Å². The van der Waals surface area contributed by atoms with Gasteiger partial charge in [-0.3, -0.25) is 4.98 Å². The van der Waals surface area contributed by atoms with Crippen LogP contribution in [0.2, 0.25) is 0 Å². The zero-order valence-corrected chi connectivity index (χ0v) is 18.4. The highest BCUT2D eigenvalue weighted by Crippen LogP contribution is 2.60. The summed E-state index contributed by atoms with van der Waals surface area (Å²) in [5.74, 6) is 3.58. The molecule has 4 heteroatoms. The van der Waals surface area contributed by atoms with E-state index in [4.69, 9.17) is 4.74 Å². The lowest BCUT2D eigenvalue weighted by atomic mass is 9.60. The summed E-state index contributed by atoms with van der Waals surface area (Å²) in [6.45, 7) is 2.48. The van der Waals surface area contributed by atoms with Crippen LogP contribution in [0.15, 0.2) is 24.5 Å². The SMILES string of the molecule is CC1CCC(c2ccncc2)C2CCCC3C2C1C1OC1N(C1CCCCC1)C3O. The molecular formula is C26H38N2O2. The number of pyridine rings is 1. The Kier molecular flexibility index (Phi) is 5.16. The van der Waals surface area contributed by atoms with E-state index < -0.39 is 0 Å². The summed E-state index contributed by atoms with van der Waals surface area (Å²) in [6.07, 6.45) is 16.9. The number of aliphatic hydroxyl groups is 1. The summed E-state index contributed by atoms with van der Waals surface area (Å²) in [6, 6.07) is 5.02. The van der Waals surface area contributed by atoms with Crippen molar-refractivity contribution in [2.24, 2.45) is 29.6 Å². The molecule has 1 aromatic rings. The van der Waals surface area contributed by atoms with Crippen LogP contribution >= 0.6 is 0 Å². The Morgan fingerprint density at radius 2 is 1.67 bits per heavy atom. The van der Waals surface area contributed by atoms with E-state index in [1.165, 1.54) is 69.8 Å². The van der Waals surface area contributed by atoms with Gasteiger partial charge in [-0.25, -0.2) is 4.90 Å². The summed E-state index contributed by atoms with van der Waals surface area (Å²) in [7, 11) is 0. The third kappa shape index (κ3) is 3.17. The number of epoxide rings is 1. The molecule has 5 fully saturated rings. The van der Waals surface area contributed by atoms with E-state index in [0.29, 0.717) is 47.7 Å². The lowest BCUT2D eigenvalue weighted by Crippen LogP contribution is -2.51. The van der Waals surface area contributed by atoms with E-state index in [1.54, 1.807) is 0 Å². The molecule has 3 heterocycles. The van der Waals surface area contributed by atoms with E-state index in [-0.39, 0.29) is 12.5 Å². The van der Waals surface area contributed by atoms with Gasteiger partial charge in [0.15, 0.2) is 0 Å². The smallest absolute Gasteiger partial charge is 0.140 e. The molecule has 164 valence electrons. The van der Waals surface area contributed by atoms with Crippen molar-refractivity contribution in [1.29, 1.82) is 0 Å². The molecule has 9 unspecified atom stereocenters. The van der Waals surface area contributed by atoms with Gasteiger partial charge in [-0.05, 0) is 85.8 Å². The van der Waals surface area contributed by atoms with Crippen molar-refractivity contribution in [2.75, 3.05) is 0 Å². The number of hydrogen-bond donors (Lipinski definition) is 1. The predicted molar refractivity (Wildman–Crippen MR) is 117 cm³/mol. The summed E-state index contributed by atoms with van der Waals surface area (Å²) < 4.78 is 6.45. The van der Waals surface area contributed by atoms with Gasteiger partial charge in [-0.15, -0.1) is 0 Å². The summed E-state index contributed by atoms with van der Waals surface area (Å²) >= 11 is 0. The molecule has 0 radical (unpaired) electrons. The van der Waals surface area contributed by atoms with Gasteiger partial charge in [0, 0.05) is 24.4 Å². The van der Waals surface area contributed by atoms with E-state index in [9.17, 15) is 5.11 Å². The van der Waals surface area contributed by atoms with Gasteiger partial charge in [-0.1, -0.05) is 32.6 Å². The molecule has 4 nitrogen and oxygen atoms in total. The zero-order valence-electron chi connectivity index (χ0n) is 18.4. The molecule has 5 aliphatic rings. The van der Waals surface area contributed by atoms with Gasteiger partial charge in [0.1, 0.15) is 18.6 Å². The second kappa shape index (κ2) is 7.86. The van der Waals surface area contributed by atoms with Crippen LogP contribution in [0, 0.1) is 29.6 Å². The molecule has 3 aliphatic carbocycles. The summed E-state index contributed by atoms with van der Waals surface area (Å²) in [4.78, 5) is 6.75. The number of ether oxygens (including phenoxy) is 1. The Bertz CT molecular complexity index is 736. The molecule has 1 N–H and O–H groups in total. The van der Waals surface area contributed by atoms with Crippen LogP contribution < -0.4 is 0 Å². The average molecular weight is 411 g/mol. The molecule has 1 aromatic heterocycles. The molecule has 30 heavy (non-hydrogen) atoms. The minimum Gasteiger partial charge on any atom is -0.378 e. The Labute approximate surface area is 181 Å². The highest BCUT2D eigenvalue weighted by molar-refractivity contribution is 5.20. The molecule has 2 aliphatic heterocycles. The van der Waals surface area contributed by atoms with Crippen molar-refractivity contribution in [3.8, 4) is 0 Å². The average Bonchev–Trinajstić information content (AvgIpc) is 3.57. The number of hydrogen-bond acceptors (Lipinski definition) is 4. The van der Waals surface area contributed by atoms with Gasteiger partial charge in [-0.2, -0.15) is 0 Å². The third-order valence-corrected chi connectivity index (χ3v) is 9.61. The number of rotatable bonds is 2. The van der Waals surface area contributed by atoms with Gasteiger partial charge >= 0.3 is 0 Å². The van der Waals surface area contributed by atoms with Crippen molar-refractivity contribution in [1.82, 2.24) is 9.88 Å². The summed E-state index contributed by atoms with van der Waals surface area (Å²) in [5.41, 5.74) is 1.47. The first-order valence-electron chi connectivity index (χ1n) is 12.7. The van der Waals surface area contributed by atoms with Crippen molar-refractivity contribution in [3.63, 3.8) is 0 Å². The molecule has 0 spiro atoms. The van der Waals surface area contributed by atoms with Crippen LogP contribution in [0.25, 0.3) is 0 Å². The van der Waals surface area contributed by atoms with Gasteiger partial charge in [0.2, 0.25) is 0 Å². The fraction of sp³-hybridized carbons (Fsp3) is 0.808. The lowest BCUT2D eigenvalue weighted by molar-refractivity contribution is -0.128. The minimum absolute atomic E-state index is 0.180. The Balaban J connectivity index is 1.37. The second-order valence-corrected chi connectivity index (χ2v) is 11.0. The Morgan fingerprint density at radius 3 is 2.47 bits per heavy atom. The first-order valence-corrected chi connectivity index (χ1v) is 12.7. The van der Waals surface area contributed by atoms with Crippen LogP contribution in [-0.4, -0.2) is 39.6 Å². The Hall–Kier alpha value is -0.970. The molecule has 0 amide bonds. The fourth-order valence-corrected chi connectivity index (χ4v) is 8.29. The molecule has 2 saturated heterocycles. The topological polar surface area (TPSA) is 48.9 Å². The van der Waals surface area contributed by atoms with E-state index in [2.05, 4.69) is 28.9 Å². The zero-order chi connectivity index (χ0) is 20.2. The molecule has 0 aromatic carbocycles. The molecular weight excluding hydrogens is 372 g/mol. The van der Waals surface area contributed by atoms with Crippen molar-refractivity contribution >= 4 is 0 Å². The number of likely N-dealkylation sites (tertiary alicyclic amines) is 1. The quantitative estimate of drug-likeness (QED) is 0.702. The number of aromatic nitrogens is 1. The molecule has 3 saturated carbocycles. The number of fused-ring (bicyclic) bond motifs is 2. The fourth-order valence-electron chi connectivity index (χ4n) is 8.29. The normalized spacial score (nSPS) is 46.9. The standard InChI is InChI=1S/C26H38N2O2/c1-16-10-11-19(17-12-14-27-15-13-17)20-8-5-9-21-23(20)22(16)24-26(30-24)28(25(21)29)18-6-3-2-4-7-18/h12-16,18-26,29H,2-11H2,1H3. The van der Waals surface area contributed by atoms with E-state index in [0.717, 1.165) is 0 Å². The lowest BCUT2D eigenvalue weighted by Gasteiger charge is -2.48. The van der Waals surface area contributed by atoms with Gasteiger partial charge in [0.05, 0.1) is 0 Å². The van der Waals surface area contributed by atoms with Crippen molar-refractivity contribution < 1.29 is 9.84 Å². The minimum atomic E-state index is -0.315. The Morgan fingerprint density at radius 1 is 0.900 bits per heavy atom. The van der Waals surface area contributed by atoms with Crippen LogP contribution in [0.3, 0.4) is 0 Å². The number of nitrogens with zero attached hydrogens (tertiary/aromatic N) is 2. The monoisotopic (exact) mass is 410 g/mol. The second-order valence-electron chi connectivity index (χ2n) is 11.0. The van der Waals surface area contributed by atoms with E-state index in [1.807, 2.05) is 12.4 Å². The largest absolute Gasteiger partial charge is 0.378 e. The third-order valence-electron chi connectivity index (χ3n) is 9.61. The van der Waals surface area contributed by atoms with Crippen molar-refractivity contribution in [2.45, 2.75) is 102 Å².